The number of carbonyl (C=O) groups is 1. The van der Waals surface area contributed by atoms with Crippen LogP contribution in [0.2, 0.25) is 0 Å². The summed E-state index contributed by atoms with van der Waals surface area (Å²) in [5.41, 5.74) is 1.99. The lowest BCUT2D eigenvalue weighted by Gasteiger charge is -2.56. The average molecular weight is 342 g/mol. The van der Waals surface area contributed by atoms with Crippen molar-refractivity contribution < 1.29 is 14.6 Å². The molecule has 1 amide bonds. The number of hydrogen-bond acceptors (Lipinski definition) is 3. The van der Waals surface area contributed by atoms with Crippen molar-refractivity contribution in [3.8, 4) is 0 Å². The highest BCUT2D eigenvalue weighted by Gasteiger charge is 2.56. The molecule has 1 aromatic carbocycles. The molecular formula is C20H26N2O3. The van der Waals surface area contributed by atoms with Gasteiger partial charge in [0.2, 0.25) is 5.91 Å². The molecule has 5 heteroatoms. The Balaban J connectivity index is 1.40. The van der Waals surface area contributed by atoms with Crippen LogP contribution in [-0.2, 0) is 16.0 Å². The van der Waals surface area contributed by atoms with Gasteiger partial charge in [0.15, 0.2) is 0 Å². The second-order valence-corrected chi connectivity index (χ2v) is 7.35. The maximum absolute atomic E-state index is 12.7. The van der Waals surface area contributed by atoms with Gasteiger partial charge >= 0.3 is 0 Å². The van der Waals surface area contributed by atoms with Gasteiger partial charge in [-0.15, -0.1) is 0 Å². The van der Waals surface area contributed by atoms with Crippen molar-refractivity contribution >= 4 is 16.8 Å². The van der Waals surface area contributed by atoms with E-state index in [9.17, 15) is 9.90 Å². The molecule has 1 aliphatic carbocycles. The van der Waals surface area contributed by atoms with E-state index in [2.05, 4.69) is 11.1 Å². The molecule has 1 aliphatic heterocycles. The van der Waals surface area contributed by atoms with E-state index >= 15 is 0 Å². The maximum Gasteiger partial charge on any atom is 0.227 e. The first-order valence-electron chi connectivity index (χ1n) is 9.26. The molecule has 5 nitrogen and oxygen atoms in total. The lowest BCUT2D eigenvalue weighted by atomic mass is 9.58. The highest BCUT2D eigenvalue weighted by atomic mass is 16.5. The van der Waals surface area contributed by atoms with E-state index in [1.807, 2.05) is 36.2 Å². The van der Waals surface area contributed by atoms with Crippen molar-refractivity contribution in [2.24, 2.45) is 5.41 Å². The predicted molar refractivity (Wildman–Crippen MR) is 96.3 cm³/mol. The number of carbonyl (C=O) groups excluding carboxylic acids is 1. The van der Waals surface area contributed by atoms with Crippen LogP contribution < -0.4 is 0 Å². The number of nitrogens with zero attached hydrogens (tertiary/aromatic N) is 1. The van der Waals surface area contributed by atoms with E-state index in [1.54, 1.807) is 0 Å². The second kappa shape index (κ2) is 6.46. The molecule has 2 fully saturated rings. The maximum atomic E-state index is 12.7. The van der Waals surface area contributed by atoms with Gasteiger partial charge in [0, 0.05) is 48.6 Å². The molecule has 134 valence electrons. The van der Waals surface area contributed by atoms with Crippen molar-refractivity contribution in [3.05, 3.63) is 36.0 Å². The molecule has 0 radical (unpaired) electrons. The van der Waals surface area contributed by atoms with Crippen molar-refractivity contribution in [2.75, 3.05) is 19.7 Å². The van der Waals surface area contributed by atoms with Crippen LogP contribution in [0.15, 0.2) is 30.5 Å². The van der Waals surface area contributed by atoms with Gasteiger partial charge < -0.3 is 19.7 Å². The van der Waals surface area contributed by atoms with Crippen LogP contribution in [0.5, 0.6) is 0 Å². The predicted octanol–water partition coefficient (Wildman–Crippen LogP) is 2.49. The summed E-state index contributed by atoms with van der Waals surface area (Å²) in [5, 5.41) is 11.4. The standard InChI is InChI=1S/C20H26N2O3/c1-2-25-18-12-17(23)20(18)7-9-22(10-8-20)19(24)11-14-13-21-16-6-4-3-5-15(14)16/h3-6,13,17-18,21,23H,2,7-12H2,1H3/t17-,18-/m0/s1. The molecule has 2 aliphatic rings. The number of aromatic nitrogens is 1. The normalized spacial score (nSPS) is 25.3. The number of fused-ring (bicyclic) bond motifs is 1. The fraction of sp³-hybridized carbons (Fsp3) is 0.550. The number of ether oxygens (including phenoxy) is 1. The summed E-state index contributed by atoms with van der Waals surface area (Å²) in [6, 6.07) is 8.07. The number of aromatic amines is 1. The number of hydrogen-bond donors (Lipinski definition) is 2. The molecule has 2 aromatic rings. The molecule has 0 unspecified atom stereocenters. The third-order valence-corrected chi connectivity index (χ3v) is 6.17. The van der Waals surface area contributed by atoms with E-state index in [0.29, 0.717) is 26.1 Å². The largest absolute Gasteiger partial charge is 0.392 e. The van der Waals surface area contributed by atoms with E-state index < -0.39 is 0 Å². The Hall–Kier alpha value is -1.85. The Kier molecular flexibility index (Phi) is 4.29. The van der Waals surface area contributed by atoms with E-state index in [4.69, 9.17) is 4.74 Å². The fourth-order valence-corrected chi connectivity index (χ4v) is 4.54. The molecule has 4 rings (SSSR count). The van der Waals surface area contributed by atoms with Crippen LogP contribution in [0.25, 0.3) is 10.9 Å². The Labute approximate surface area is 148 Å². The number of aliphatic hydroxyl groups is 1. The fourth-order valence-electron chi connectivity index (χ4n) is 4.54. The van der Waals surface area contributed by atoms with E-state index in [1.165, 1.54) is 0 Å². The van der Waals surface area contributed by atoms with Crippen molar-refractivity contribution in [2.45, 2.75) is 44.8 Å². The monoisotopic (exact) mass is 342 g/mol. The molecule has 25 heavy (non-hydrogen) atoms. The third kappa shape index (κ3) is 2.75. The molecule has 1 saturated heterocycles. The summed E-state index contributed by atoms with van der Waals surface area (Å²) >= 11 is 0. The third-order valence-electron chi connectivity index (χ3n) is 6.17. The van der Waals surface area contributed by atoms with Crippen LogP contribution in [0.1, 0.15) is 31.7 Å². The minimum Gasteiger partial charge on any atom is -0.392 e. The Morgan fingerprint density at radius 1 is 1.36 bits per heavy atom. The number of likely N-dealkylation sites (tertiary alicyclic amines) is 1. The first kappa shape index (κ1) is 16.6. The number of rotatable bonds is 4. The topological polar surface area (TPSA) is 65.6 Å². The molecule has 1 spiro atoms. The molecular weight excluding hydrogens is 316 g/mol. The van der Waals surface area contributed by atoms with Gasteiger partial charge in [-0.1, -0.05) is 18.2 Å². The summed E-state index contributed by atoms with van der Waals surface area (Å²) in [5.74, 6) is 0.168. The summed E-state index contributed by atoms with van der Waals surface area (Å²) in [4.78, 5) is 17.9. The van der Waals surface area contributed by atoms with Crippen LogP contribution in [-0.4, -0.2) is 52.8 Å². The highest BCUT2D eigenvalue weighted by Crippen LogP contribution is 2.50. The number of para-hydroxylation sites is 1. The minimum absolute atomic E-state index is 0.131. The molecule has 2 N–H and O–H groups in total. The molecule has 0 bridgehead atoms. The Morgan fingerprint density at radius 2 is 2.12 bits per heavy atom. The number of aliphatic hydroxyl groups excluding tert-OH is 1. The van der Waals surface area contributed by atoms with Gasteiger partial charge in [0.05, 0.1) is 18.6 Å². The molecule has 1 saturated carbocycles. The number of nitrogens with one attached hydrogen (secondary N) is 1. The number of benzene rings is 1. The summed E-state index contributed by atoms with van der Waals surface area (Å²) < 4.78 is 5.80. The smallest absolute Gasteiger partial charge is 0.227 e. The van der Waals surface area contributed by atoms with Gasteiger partial charge in [0.1, 0.15) is 0 Å². The van der Waals surface area contributed by atoms with Crippen molar-refractivity contribution in [1.29, 1.82) is 0 Å². The zero-order valence-electron chi connectivity index (χ0n) is 14.7. The van der Waals surface area contributed by atoms with Gasteiger partial charge in [-0.25, -0.2) is 0 Å². The zero-order chi connectivity index (χ0) is 17.4. The Bertz CT molecular complexity index is 759. The number of H-pyrrole nitrogens is 1. The summed E-state index contributed by atoms with van der Waals surface area (Å²) in [6.45, 7) is 4.10. The van der Waals surface area contributed by atoms with Crippen molar-refractivity contribution in [3.63, 3.8) is 0 Å². The van der Waals surface area contributed by atoms with E-state index in [0.717, 1.165) is 35.7 Å². The van der Waals surface area contributed by atoms with E-state index in [-0.39, 0.29) is 23.5 Å². The number of amides is 1. The zero-order valence-corrected chi connectivity index (χ0v) is 14.7. The van der Waals surface area contributed by atoms with Gasteiger partial charge in [-0.05, 0) is 31.4 Å². The van der Waals surface area contributed by atoms with Crippen LogP contribution in [0.3, 0.4) is 0 Å². The van der Waals surface area contributed by atoms with Gasteiger partial charge in [0.25, 0.3) is 0 Å². The second-order valence-electron chi connectivity index (χ2n) is 7.35. The highest BCUT2D eigenvalue weighted by molar-refractivity contribution is 5.88. The van der Waals surface area contributed by atoms with Crippen LogP contribution >= 0.6 is 0 Å². The lowest BCUT2D eigenvalue weighted by Crippen LogP contribution is -2.62. The van der Waals surface area contributed by atoms with Crippen LogP contribution in [0.4, 0.5) is 0 Å². The molecule has 1 aromatic heterocycles. The quantitative estimate of drug-likeness (QED) is 0.897. The molecule has 2 atom stereocenters. The average Bonchev–Trinajstić information content (AvgIpc) is 3.05. The lowest BCUT2D eigenvalue weighted by molar-refractivity contribution is -0.210. The molecule has 2 heterocycles. The number of piperidine rings is 1. The van der Waals surface area contributed by atoms with Gasteiger partial charge in [-0.2, -0.15) is 0 Å². The van der Waals surface area contributed by atoms with Gasteiger partial charge in [-0.3, -0.25) is 4.79 Å². The first-order valence-corrected chi connectivity index (χ1v) is 9.26. The SMILES string of the molecule is CCO[C@H]1C[C@H](O)C12CCN(C(=O)Cc1c[nH]c3ccccc13)CC2. The Morgan fingerprint density at radius 3 is 2.84 bits per heavy atom. The minimum atomic E-state index is -0.282. The first-order chi connectivity index (χ1) is 12.1. The van der Waals surface area contributed by atoms with Crippen LogP contribution in [0, 0.1) is 5.41 Å². The summed E-state index contributed by atoms with van der Waals surface area (Å²) in [6.07, 6.45) is 4.63. The van der Waals surface area contributed by atoms with Crippen molar-refractivity contribution in [1.82, 2.24) is 9.88 Å². The summed E-state index contributed by atoms with van der Waals surface area (Å²) in [7, 11) is 0.